The van der Waals surface area contributed by atoms with Crippen LogP contribution in [-0.2, 0) is 9.47 Å². The molecule has 0 aromatic heterocycles. The number of rotatable bonds is 12. The molecule has 2 N–H and O–H groups in total. The molecule has 0 saturated carbocycles. The van der Waals surface area contributed by atoms with Crippen molar-refractivity contribution in [1.82, 2.24) is 10.6 Å². The minimum Gasteiger partial charge on any atom is -0.381 e. The number of nitrogens with zero attached hydrogens (tertiary/aromatic N) is 2. The first kappa shape index (κ1) is 26.0. The third-order valence-corrected chi connectivity index (χ3v) is 4.84. The molecule has 0 amide bonds. The van der Waals surface area contributed by atoms with Gasteiger partial charge in [0.2, 0.25) is 0 Å². The van der Waals surface area contributed by atoms with E-state index in [-0.39, 0.29) is 24.0 Å². The van der Waals surface area contributed by atoms with Crippen LogP contribution in [0.1, 0.15) is 39.5 Å². The normalized spacial score (nSPS) is 14.9. The van der Waals surface area contributed by atoms with E-state index in [4.69, 9.17) is 14.5 Å². The number of ether oxygens (including phenoxy) is 2. The molecule has 1 aromatic carbocycles. The molecular formula is C22H39IN4O2. The standard InChI is InChI=1S/C22H38N4O2.HI/c1-3-23-22(25-15-9-17-28-21-12-18-27-19-13-21)24-14-8-16-26(4-2)20-10-6-5-7-11-20;/h5-7,10-11,21H,3-4,8-9,12-19H2,1-2H3,(H2,23,24,25);1H. The van der Waals surface area contributed by atoms with Crippen LogP contribution in [0.5, 0.6) is 0 Å². The van der Waals surface area contributed by atoms with Gasteiger partial charge in [0.25, 0.3) is 0 Å². The lowest BCUT2D eigenvalue weighted by molar-refractivity contribution is -0.0320. The molecular weight excluding hydrogens is 479 g/mol. The molecule has 7 heteroatoms. The largest absolute Gasteiger partial charge is 0.381 e. The number of halogens is 1. The Balaban J connectivity index is 0.00000420. The second-order valence-electron chi connectivity index (χ2n) is 6.99. The van der Waals surface area contributed by atoms with Crippen LogP contribution in [0.3, 0.4) is 0 Å². The second kappa shape index (κ2) is 16.7. The predicted molar refractivity (Wildman–Crippen MR) is 133 cm³/mol. The highest BCUT2D eigenvalue weighted by molar-refractivity contribution is 14.0. The monoisotopic (exact) mass is 518 g/mol. The third kappa shape index (κ3) is 11.1. The molecule has 6 nitrogen and oxygen atoms in total. The Labute approximate surface area is 193 Å². The molecule has 0 aliphatic carbocycles. The lowest BCUT2D eigenvalue weighted by atomic mass is 10.1. The maximum atomic E-state index is 5.92. The maximum Gasteiger partial charge on any atom is 0.191 e. The summed E-state index contributed by atoms with van der Waals surface area (Å²) in [7, 11) is 0. The smallest absolute Gasteiger partial charge is 0.191 e. The topological polar surface area (TPSA) is 58.1 Å². The Hall–Kier alpha value is -1.06. The van der Waals surface area contributed by atoms with Gasteiger partial charge in [0.1, 0.15) is 0 Å². The lowest BCUT2D eigenvalue weighted by Gasteiger charge is -2.23. The van der Waals surface area contributed by atoms with E-state index in [9.17, 15) is 0 Å². The van der Waals surface area contributed by atoms with Crippen molar-refractivity contribution in [3.05, 3.63) is 30.3 Å². The van der Waals surface area contributed by atoms with Crippen LogP contribution in [0, 0.1) is 0 Å². The quantitative estimate of drug-likeness (QED) is 0.192. The second-order valence-corrected chi connectivity index (χ2v) is 6.99. The van der Waals surface area contributed by atoms with E-state index in [1.165, 1.54) is 5.69 Å². The summed E-state index contributed by atoms with van der Waals surface area (Å²) in [4.78, 5) is 7.10. The molecule has 1 aliphatic rings. The van der Waals surface area contributed by atoms with Gasteiger partial charge in [-0.05, 0) is 51.7 Å². The number of hydrogen-bond donors (Lipinski definition) is 2. The summed E-state index contributed by atoms with van der Waals surface area (Å²) in [5, 5.41) is 6.74. The summed E-state index contributed by atoms with van der Waals surface area (Å²) < 4.78 is 11.3. The fourth-order valence-electron chi connectivity index (χ4n) is 3.27. The van der Waals surface area contributed by atoms with E-state index in [2.05, 4.69) is 59.7 Å². The van der Waals surface area contributed by atoms with Gasteiger partial charge in [-0.25, -0.2) is 0 Å². The molecule has 1 aromatic rings. The van der Waals surface area contributed by atoms with E-state index in [0.717, 1.165) is 84.2 Å². The SMILES string of the molecule is CCNC(=NCCCN(CC)c1ccccc1)NCCCOC1CCOCC1.I. The van der Waals surface area contributed by atoms with Gasteiger partial charge in [0.15, 0.2) is 5.96 Å². The number of para-hydroxylation sites is 1. The zero-order chi connectivity index (χ0) is 19.9. The van der Waals surface area contributed by atoms with Crippen LogP contribution in [0.15, 0.2) is 35.3 Å². The van der Waals surface area contributed by atoms with Crippen molar-refractivity contribution < 1.29 is 9.47 Å². The van der Waals surface area contributed by atoms with Crippen LogP contribution in [-0.4, -0.2) is 64.6 Å². The summed E-state index contributed by atoms with van der Waals surface area (Å²) in [6.07, 6.45) is 4.44. The van der Waals surface area contributed by atoms with Gasteiger partial charge in [-0.1, -0.05) is 18.2 Å². The van der Waals surface area contributed by atoms with Gasteiger partial charge in [0, 0.05) is 58.2 Å². The van der Waals surface area contributed by atoms with Crippen molar-refractivity contribution in [2.75, 3.05) is 57.4 Å². The van der Waals surface area contributed by atoms with Crippen molar-refractivity contribution in [1.29, 1.82) is 0 Å². The number of hydrogen-bond acceptors (Lipinski definition) is 4. The van der Waals surface area contributed by atoms with Crippen molar-refractivity contribution in [3.8, 4) is 0 Å². The van der Waals surface area contributed by atoms with Crippen molar-refractivity contribution in [2.24, 2.45) is 4.99 Å². The van der Waals surface area contributed by atoms with Gasteiger partial charge >= 0.3 is 0 Å². The Morgan fingerprint density at radius 3 is 2.59 bits per heavy atom. The fourth-order valence-corrected chi connectivity index (χ4v) is 3.27. The first-order chi connectivity index (χ1) is 13.8. The molecule has 0 bridgehead atoms. The maximum absolute atomic E-state index is 5.92. The van der Waals surface area contributed by atoms with Crippen LogP contribution in [0.4, 0.5) is 5.69 Å². The highest BCUT2D eigenvalue weighted by Gasteiger charge is 2.13. The zero-order valence-electron chi connectivity index (χ0n) is 18.1. The zero-order valence-corrected chi connectivity index (χ0v) is 20.4. The van der Waals surface area contributed by atoms with Gasteiger partial charge in [-0.3, -0.25) is 4.99 Å². The van der Waals surface area contributed by atoms with Crippen molar-refractivity contribution in [2.45, 2.75) is 45.6 Å². The van der Waals surface area contributed by atoms with E-state index in [1.807, 2.05) is 0 Å². The summed E-state index contributed by atoms with van der Waals surface area (Å²) >= 11 is 0. The molecule has 1 fully saturated rings. The van der Waals surface area contributed by atoms with E-state index >= 15 is 0 Å². The van der Waals surface area contributed by atoms with E-state index in [1.54, 1.807) is 0 Å². The van der Waals surface area contributed by atoms with Crippen molar-refractivity contribution in [3.63, 3.8) is 0 Å². The van der Waals surface area contributed by atoms with Crippen LogP contribution in [0.2, 0.25) is 0 Å². The molecule has 0 atom stereocenters. The van der Waals surface area contributed by atoms with Gasteiger partial charge in [-0.15, -0.1) is 24.0 Å². The average molecular weight is 518 g/mol. The van der Waals surface area contributed by atoms with Crippen LogP contribution < -0.4 is 15.5 Å². The molecule has 0 radical (unpaired) electrons. The fraction of sp³-hybridized carbons (Fsp3) is 0.682. The lowest BCUT2D eigenvalue weighted by Crippen LogP contribution is -2.38. The molecule has 1 heterocycles. The molecule has 166 valence electrons. The third-order valence-electron chi connectivity index (χ3n) is 4.84. The summed E-state index contributed by atoms with van der Waals surface area (Å²) in [5.74, 6) is 0.899. The summed E-state index contributed by atoms with van der Waals surface area (Å²) in [6, 6.07) is 10.6. The van der Waals surface area contributed by atoms with Gasteiger partial charge in [0.05, 0.1) is 6.10 Å². The molecule has 1 saturated heterocycles. The van der Waals surface area contributed by atoms with E-state index in [0.29, 0.717) is 6.10 Å². The van der Waals surface area contributed by atoms with E-state index < -0.39 is 0 Å². The number of anilines is 1. The Kier molecular flexibility index (Phi) is 15.0. The summed E-state index contributed by atoms with van der Waals surface area (Å²) in [6.45, 7) is 11.3. The molecule has 29 heavy (non-hydrogen) atoms. The summed E-state index contributed by atoms with van der Waals surface area (Å²) in [5.41, 5.74) is 1.28. The highest BCUT2D eigenvalue weighted by Crippen LogP contribution is 2.13. The number of benzene rings is 1. The molecule has 1 aliphatic heterocycles. The first-order valence-electron chi connectivity index (χ1n) is 10.8. The predicted octanol–water partition coefficient (Wildman–Crippen LogP) is 3.66. The average Bonchev–Trinajstić information content (AvgIpc) is 2.75. The Bertz CT molecular complexity index is 539. The Morgan fingerprint density at radius 1 is 1.14 bits per heavy atom. The number of aliphatic imine (C=N–C) groups is 1. The van der Waals surface area contributed by atoms with Gasteiger partial charge in [-0.2, -0.15) is 0 Å². The highest BCUT2D eigenvalue weighted by atomic mass is 127. The van der Waals surface area contributed by atoms with Crippen LogP contribution in [0.25, 0.3) is 0 Å². The number of guanidine groups is 1. The molecule has 2 rings (SSSR count). The Morgan fingerprint density at radius 2 is 1.90 bits per heavy atom. The number of nitrogens with one attached hydrogen (secondary N) is 2. The van der Waals surface area contributed by atoms with Crippen molar-refractivity contribution >= 4 is 35.6 Å². The first-order valence-corrected chi connectivity index (χ1v) is 10.8. The minimum atomic E-state index is 0. The van der Waals surface area contributed by atoms with Gasteiger partial charge < -0.3 is 25.0 Å². The minimum absolute atomic E-state index is 0. The molecule has 0 unspecified atom stereocenters. The molecule has 0 spiro atoms. The van der Waals surface area contributed by atoms with Crippen LogP contribution >= 0.6 is 24.0 Å².